The molecule has 4 rings (SSSR count). The highest BCUT2D eigenvalue weighted by Crippen LogP contribution is 2.41. The van der Waals surface area contributed by atoms with Crippen LogP contribution in [0.4, 0.5) is 0 Å². The fraction of sp³-hybridized carbons (Fsp3) is 0.520. The van der Waals surface area contributed by atoms with E-state index in [9.17, 15) is 5.11 Å². The summed E-state index contributed by atoms with van der Waals surface area (Å²) in [4.78, 5) is 2.49. The third-order valence-electron chi connectivity index (χ3n) is 6.68. The summed E-state index contributed by atoms with van der Waals surface area (Å²) in [6.07, 6.45) is 7.30. The van der Waals surface area contributed by atoms with Crippen LogP contribution in [0.3, 0.4) is 0 Å². The van der Waals surface area contributed by atoms with Gasteiger partial charge in [0.1, 0.15) is 11.5 Å². The van der Waals surface area contributed by atoms with Gasteiger partial charge in [0.2, 0.25) is 0 Å². The van der Waals surface area contributed by atoms with Crippen molar-refractivity contribution in [3.63, 3.8) is 0 Å². The molecule has 2 aliphatic rings. The SMILES string of the molecule is Cl.Cl.NC1CCN(CC(c2cccc(Oc3ccccc3)c2)C2(O)CCCCC2)CC1. The smallest absolute Gasteiger partial charge is 0.127 e. The summed E-state index contributed by atoms with van der Waals surface area (Å²) < 4.78 is 6.08. The molecular weight excluding hydrogens is 431 g/mol. The molecule has 0 aromatic heterocycles. The largest absolute Gasteiger partial charge is 0.457 e. The van der Waals surface area contributed by atoms with Crippen molar-refractivity contribution < 1.29 is 9.84 Å². The van der Waals surface area contributed by atoms with Gasteiger partial charge in [0.25, 0.3) is 0 Å². The number of hydrogen-bond donors (Lipinski definition) is 2. The number of benzene rings is 2. The van der Waals surface area contributed by atoms with Gasteiger partial charge in [-0.25, -0.2) is 0 Å². The lowest BCUT2D eigenvalue weighted by atomic mass is 9.72. The Morgan fingerprint density at radius 3 is 2.26 bits per heavy atom. The zero-order chi connectivity index (χ0) is 20.1. The molecule has 0 bridgehead atoms. The number of hydrogen-bond acceptors (Lipinski definition) is 4. The van der Waals surface area contributed by atoms with Gasteiger partial charge < -0.3 is 20.5 Å². The van der Waals surface area contributed by atoms with Gasteiger partial charge in [0.05, 0.1) is 5.60 Å². The Morgan fingerprint density at radius 1 is 0.935 bits per heavy atom. The molecule has 1 aliphatic heterocycles. The Kier molecular flexibility index (Phi) is 10.1. The number of likely N-dealkylation sites (tertiary alicyclic amines) is 1. The molecule has 6 heteroatoms. The second-order valence-electron chi connectivity index (χ2n) is 8.84. The fourth-order valence-electron chi connectivity index (χ4n) is 4.91. The molecule has 1 aliphatic carbocycles. The van der Waals surface area contributed by atoms with Crippen molar-refractivity contribution in [2.75, 3.05) is 19.6 Å². The summed E-state index contributed by atoms with van der Waals surface area (Å²) >= 11 is 0. The zero-order valence-corrected chi connectivity index (χ0v) is 19.8. The Labute approximate surface area is 199 Å². The van der Waals surface area contributed by atoms with Crippen molar-refractivity contribution in [1.29, 1.82) is 0 Å². The van der Waals surface area contributed by atoms with Gasteiger partial charge in [-0.15, -0.1) is 24.8 Å². The van der Waals surface area contributed by atoms with E-state index in [1.807, 2.05) is 36.4 Å². The number of ether oxygens (including phenoxy) is 1. The lowest BCUT2D eigenvalue weighted by Gasteiger charge is -2.43. The van der Waals surface area contributed by atoms with Crippen molar-refractivity contribution in [2.24, 2.45) is 5.73 Å². The van der Waals surface area contributed by atoms with Crippen LogP contribution >= 0.6 is 24.8 Å². The summed E-state index contributed by atoms with van der Waals surface area (Å²) in [5.74, 6) is 1.76. The van der Waals surface area contributed by atoms with E-state index in [1.54, 1.807) is 0 Å². The third kappa shape index (κ3) is 6.84. The lowest BCUT2D eigenvalue weighted by molar-refractivity contribution is -0.0324. The van der Waals surface area contributed by atoms with Crippen LogP contribution in [0.15, 0.2) is 54.6 Å². The van der Waals surface area contributed by atoms with Gasteiger partial charge in [-0.2, -0.15) is 0 Å². The minimum Gasteiger partial charge on any atom is -0.457 e. The average molecular weight is 467 g/mol. The quantitative estimate of drug-likeness (QED) is 0.587. The molecule has 2 aromatic rings. The van der Waals surface area contributed by atoms with Crippen LogP contribution in [0.5, 0.6) is 11.5 Å². The van der Waals surface area contributed by atoms with Gasteiger partial charge in [0.15, 0.2) is 0 Å². The summed E-state index contributed by atoms with van der Waals surface area (Å²) in [6.45, 7) is 2.93. The summed E-state index contributed by atoms with van der Waals surface area (Å²) in [5.41, 5.74) is 6.65. The number of rotatable bonds is 6. The van der Waals surface area contributed by atoms with Crippen molar-refractivity contribution >= 4 is 24.8 Å². The number of piperidine rings is 1. The Morgan fingerprint density at radius 2 is 1.58 bits per heavy atom. The first-order valence-corrected chi connectivity index (χ1v) is 11.2. The number of nitrogens with zero attached hydrogens (tertiary/aromatic N) is 1. The van der Waals surface area contributed by atoms with Gasteiger partial charge in [0, 0.05) is 18.5 Å². The first-order valence-electron chi connectivity index (χ1n) is 11.2. The predicted octanol–water partition coefficient (Wildman–Crippen LogP) is 5.52. The van der Waals surface area contributed by atoms with E-state index in [2.05, 4.69) is 23.1 Å². The van der Waals surface area contributed by atoms with E-state index >= 15 is 0 Å². The van der Waals surface area contributed by atoms with E-state index in [1.165, 1.54) is 12.0 Å². The molecule has 2 fully saturated rings. The van der Waals surface area contributed by atoms with E-state index in [0.29, 0.717) is 6.04 Å². The number of para-hydroxylation sites is 1. The highest BCUT2D eigenvalue weighted by molar-refractivity contribution is 5.85. The van der Waals surface area contributed by atoms with E-state index in [-0.39, 0.29) is 30.7 Å². The predicted molar refractivity (Wildman–Crippen MR) is 132 cm³/mol. The molecule has 172 valence electrons. The number of halogens is 2. The molecule has 1 saturated heterocycles. The normalized spacial score (nSPS) is 20.2. The van der Waals surface area contributed by atoms with E-state index < -0.39 is 5.60 Å². The Balaban J connectivity index is 0.00000171. The first kappa shape index (κ1) is 26.0. The summed E-state index contributed by atoms with van der Waals surface area (Å²) in [7, 11) is 0. The van der Waals surface area contributed by atoms with Crippen LogP contribution in [0.1, 0.15) is 56.4 Å². The maximum atomic E-state index is 11.7. The standard InChI is InChI=1S/C25H34N2O2.2ClH/c26-21-12-16-27(17-13-21)19-24(25(28)14-5-2-6-15-25)20-8-7-11-23(18-20)29-22-9-3-1-4-10-22;;/h1,3-4,7-11,18,21,24,28H,2,5-6,12-17,19,26H2;2*1H. The molecule has 3 N–H and O–H groups in total. The second kappa shape index (κ2) is 12.1. The number of aliphatic hydroxyl groups is 1. The van der Waals surface area contributed by atoms with Crippen molar-refractivity contribution in [1.82, 2.24) is 4.90 Å². The highest BCUT2D eigenvalue weighted by Gasteiger charge is 2.40. The first-order chi connectivity index (χ1) is 14.1. The Hall–Kier alpha value is -1.30. The van der Waals surface area contributed by atoms with Crippen molar-refractivity contribution in [3.8, 4) is 11.5 Å². The Bertz CT molecular complexity index is 776. The topological polar surface area (TPSA) is 58.7 Å². The monoisotopic (exact) mass is 466 g/mol. The van der Waals surface area contributed by atoms with Crippen LogP contribution in [0, 0.1) is 0 Å². The van der Waals surface area contributed by atoms with Gasteiger partial charge in [-0.1, -0.05) is 49.6 Å². The minimum atomic E-state index is -0.636. The van der Waals surface area contributed by atoms with Crippen molar-refractivity contribution in [3.05, 3.63) is 60.2 Å². The molecule has 1 saturated carbocycles. The maximum absolute atomic E-state index is 11.7. The van der Waals surface area contributed by atoms with Crippen molar-refractivity contribution in [2.45, 2.75) is 62.5 Å². The molecule has 1 heterocycles. The molecule has 0 spiro atoms. The maximum Gasteiger partial charge on any atom is 0.127 e. The molecule has 4 nitrogen and oxygen atoms in total. The van der Waals surface area contributed by atoms with Crippen LogP contribution in [0.25, 0.3) is 0 Å². The van der Waals surface area contributed by atoms with Gasteiger partial charge >= 0.3 is 0 Å². The molecule has 0 radical (unpaired) electrons. The molecular formula is C25H36Cl2N2O2. The van der Waals surface area contributed by atoms with Crippen LogP contribution < -0.4 is 10.5 Å². The minimum absolute atomic E-state index is 0. The molecule has 1 unspecified atom stereocenters. The molecule has 0 amide bonds. The molecule has 31 heavy (non-hydrogen) atoms. The third-order valence-corrected chi connectivity index (χ3v) is 6.68. The van der Waals surface area contributed by atoms with Gasteiger partial charge in [-0.05, 0) is 68.6 Å². The summed E-state index contributed by atoms with van der Waals surface area (Å²) in [5, 5.41) is 11.7. The molecule has 1 atom stereocenters. The van der Waals surface area contributed by atoms with E-state index in [0.717, 1.165) is 69.7 Å². The average Bonchev–Trinajstić information content (AvgIpc) is 2.75. The van der Waals surface area contributed by atoms with Gasteiger partial charge in [-0.3, -0.25) is 0 Å². The lowest BCUT2D eigenvalue weighted by Crippen LogP contribution is -2.47. The van der Waals surface area contributed by atoms with Crippen LogP contribution in [0.2, 0.25) is 0 Å². The highest BCUT2D eigenvalue weighted by atomic mass is 35.5. The van der Waals surface area contributed by atoms with Crippen LogP contribution in [-0.4, -0.2) is 41.3 Å². The number of nitrogens with two attached hydrogens (primary N) is 1. The van der Waals surface area contributed by atoms with Crippen LogP contribution in [-0.2, 0) is 0 Å². The summed E-state index contributed by atoms with van der Waals surface area (Å²) in [6, 6.07) is 18.5. The van der Waals surface area contributed by atoms with E-state index in [4.69, 9.17) is 10.5 Å². The molecule has 2 aromatic carbocycles. The second-order valence-corrected chi connectivity index (χ2v) is 8.84. The zero-order valence-electron chi connectivity index (χ0n) is 18.1. The fourth-order valence-corrected chi connectivity index (χ4v) is 4.91.